The number of hydrogen-bond acceptors (Lipinski definition) is 3. The molecule has 14 heavy (non-hydrogen) atoms. The molecular formula is C9H8BrFN2O. The number of ether oxygens (including phenoxy) is 1. The number of nitrogens with zero attached hydrogens (tertiary/aromatic N) is 1. The van der Waals surface area contributed by atoms with Gasteiger partial charge in [-0.25, -0.2) is 9.38 Å². The Kier molecular flexibility index (Phi) is 2.41. The largest absolute Gasteiger partial charge is 0.463 e. The maximum absolute atomic E-state index is 13.4. The van der Waals surface area contributed by atoms with Crippen LogP contribution in [0, 0.1) is 5.82 Å². The van der Waals surface area contributed by atoms with Gasteiger partial charge in [-0.1, -0.05) is 22.0 Å². The molecule has 74 valence electrons. The fourth-order valence-electron chi connectivity index (χ4n) is 1.32. The van der Waals surface area contributed by atoms with E-state index in [9.17, 15) is 4.39 Å². The van der Waals surface area contributed by atoms with Gasteiger partial charge in [0.05, 0.1) is 0 Å². The molecule has 2 N–H and O–H groups in total. The molecule has 1 heterocycles. The lowest BCUT2D eigenvalue weighted by molar-refractivity contribution is 0.312. The zero-order valence-electron chi connectivity index (χ0n) is 7.21. The minimum absolute atomic E-state index is 0.123. The summed E-state index contributed by atoms with van der Waals surface area (Å²) in [7, 11) is 0. The molecule has 2 rings (SSSR count). The van der Waals surface area contributed by atoms with Gasteiger partial charge in [0.15, 0.2) is 0 Å². The molecule has 0 spiro atoms. The van der Waals surface area contributed by atoms with Gasteiger partial charge in [0.25, 0.3) is 6.02 Å². The number of rotatable bonds is 1. The predicted octanol–water partition coefficient (Wildman–Crippen LogP) is 1.97. The van der Waals surface area contributed by atoms with Crippen molar-refractivity contribution < 1.29 is 9.13 Å². The summed E-state index contributed by atoms with van der Waals surface area (Å²) < 4.78 is 19.1. The first-order valence-corrected chi connectivity index (χ1v) is 4.87. The van der Waals surface area contributed by atoms with Crippen LogP contribution in [-0.4, -0.2) is 12.6 Å². The van der Waals surface area contributed by atoms with E-state index in [1.807, 2.05) is 0 Å². The van der Waals surface area contributed by atoms with Crippen LogP contribution in [0.3, 0.4) is 0 Å². The molecule has 0 bridgehead atoms. The SMILES string of the molecule is NC1=N[C@@H](c2ccc(Br)cc2F)CO1. The van der Waals surface area contributed by atoms with Crippen molar-refractivity contribution in [2.45, 2.75) is 6.04 Å². The average molecular weight is 259 g/mol. The summed E-state index contributed by atoms with van der Waals surface area (Å²) in [4.78, 5) is 3.97. The van der Waals surface area contributed by atoms with E-state index >= 15 is 0 Å². The molecule has 1 aliphatic rings. The average Bonchev–Trinajstić information content (AvgIpc) is 2.51. The molecule has 1 atom stereocenters. The van der Waals surface area contributed by atoms with Gasteiger partial charge in [-0.15, -0.1) is 0 Å². The summed E-state index contributed by atoms with van der Waals surface area (Å²) in [5.41, 5.74) is 5.85. The van der Waals surface area contributed by atoms with Gasteiger partial charge in [0.2, 0.25) is 0 Å². The number of halogens is 2. The minimum atomic E-state index is -0.317. The molecule has 3 nitrogen and oxygen atoms in total. The Morgan fingerprint density at radius 3 is 2.93 bits per heavy atom. The Hall–Kier alpha value is -1.10. The van der Waals surface area contributed by atoms with Gasteiger partial charge in [-0.2, -0.15) is 0 Å². The summed E-state index contributed by atoms with van der Waals surface area (Å²) in [5.74, 6) is -0.300. The second-order valence-corrected chi connectivity index (χ2v) is 3.88. The van der Waals surface area contributed by atoms with E-state index in [0.29, 0.717) is 16.6 Å². The third-order valence-corrected chi connectivity index (χ3v) is 2.49. The topological polar surface area (TPSA) is 47.6 Å². The molecule has 0 saturated heterocycles. The number of aliphatic imine (C=N–C) groups is 1. The van der Waals surface area contributed by atoms with Crippen LogP contribution >= 0.6 is 15.9 Å². The van der Waals surface area contributed by atoms with Gasteiger partial charge in [0.1, 0.15) is 18.5 Å². The normalized spacial score (nSPS) is 20.4. The van der Waals surface area contributed by atoms with Crippen molar-refractivity contribution in [1.29, 1.82) is 0 Å². The maximum atomic E-state index is 13.4. The third kappa shape index (κ3) is 1.72. The van der Waals surface area contributed by atoms with Gasteiger partial charge in [0, 0.05) is 10.0 Å². The van der Waals surface area contributed by atoms with Gasteiger partial charge >= 0.3 is 0 Å². The van der Waals surface area contributed by atoms with Crippen molar-refractivity contribution in [2.75, 3.05) is 6.61 Å². The Morgan fingerprint density at radius 1 is 1.57 bits per heavy atom. The highest BCUT2D eigenvalue weighted by molar-refractivity contribution is 9.10. The van der Waals surface area contributed by atoms with E-state index in [1.54, 1.807) is 12.1 Å². The number of nitrogens with two attached hydrogens (primary N) is 1. The first-order valence-electron chi connectivity index (χ1n) is 4.08. The number of hydrogen-bond donors (Lipinski definition) is 1. The summed E-state index contributed by atoms with van der Waals surface area (Å²) in [6.45, 7) is 0.310. The zero-order valence-corrected chi connectivity index (χ0v) is 8.79. The first kappa shape index (κ1) is 9.45. The molecule has 1 aliphatic heterocycles. The fraction of sp³-hybridized carbons (Fsp3) is 0.222. The van der Waals surface area contributed by atoms with Crippen LogP contribution < -0.4 is 5.73 Å². The monoisotopic (exact) mass is 258 g/mol. The molecule has 0 fully saturated rings. The lowest BCUT2D eigenvalue weighted by atomic mass is 10.1. The van der Waals surface area contributed by atoms with Crippen LogP contribution in [-0.2, 0) is 4.74 Å². The number of amidine groups is 1. The summed E-state index contributed by atoms with van der Waals surface area (Å²) >= 11 is 3.18. The van der Waals surface area contributed by atoms with Crippen LogP contribution in [0.5, 0.6) is 0 Å². The molecule has 0 amide bonds. The van der Waals surface area contributed by atoms with Crippen LogP contribution in [0.4, 0.5) is 4.39 Å². The first-order chi connectivity index (χ1) is 6.66. The van der Waals surface area contributed by atoms with Gasteiger partial charge in [-0.3, -0.25) is 0 Å². The minimum Gasteiger partial charge on any atom is -0.463 e. The zero-order chi connectivity index (χ0) is 10.1. The predicted molar refractivity (Wildman–Crippen MR) is 54.4 cm³/mol. The Labute approximate surface area is 88.9 Å². The van der Waals surface area contributed by atoms with Crippen molar-refractivity contribution in [3.8, 4) is 0 Å². The summed E-state index contributed by atoms with van der Waals surface area (Å²) in [6, 6.07) is 4.65. The van der Waals surface area contributed by atoms with E-state index in [4.69, 9.17) is 10.5 Å². The lowest BCUT2D eigenvalue weighted by Gasteiger charge is -2.06. The van der Waals surface area contributed by atoms with Crippen LogP contribution in [0.15, 0.2) is 27.7 Å². The molecule has 1 aromatic carbocycles. The molecule has 0 aliphatic carbocycles. The second kappa shape index (κ2) is 3.57. The van der Waals surface area contributed by atoms with E-state index in [2.05, 4.69) is 20.9 Å². The van der Waals surface area contributed by atoms with Crippen LogP contribution in [0.1, 0.15) is 11.6 Å². The molecule has 5 heteroatoms. The Balaban J connectivity index is 2.33. The van der Waals surface area contributed by atoms with Crippen LogP contribution in [0.2, 0.25) is 0 Å². The smallest absolute Gasteiger partial charge is 0.282 e. The quantitative estimate of drug-likeness (QED) is 0.838. The highest BCUT2D eigenvalue weighted by Crippen LogP contribution is 2.26. The third-order valence-electron chi connectivity index (χ3n) is 1.99. The molecule has 0 aromatic heterocycles. The summed E-state index contributed by atoms with van der Waals surface area (Å²) in [5, 5.41) is 0. The molecule has 0 saturated carbocycles. The molecule has 0 radical (unpaired) electrons. The van der Waals surface area contributed by atoms with Crippen molar-refractivity contribution in [2.24, 2.45) is 10.7 Å². The van der Waals surface area contributed by atoms with Gasteiger partial charge in [-0.05, 0) is 12.1 Å². The van der Waals surface area contributed by atoms with E-state index in [-0.39, 0.29) is 17.9 Å². The summed E-state index contributed by atoms with van der Waals surface area (Å²) in [6.07, 6.45) is 0. The Bertz CT molecular complexity index is 394. The lowest BCUT2D eigenvalue weighted by Crippen LogP contribution is -2.10. The van der Waals surface area contributed by atoms with E-state index < -0.39 is 0 Å². The van der Waals surface area contributed by atoms with E-state index in [1.165, 1.54) is 6.07 Å². The maximum Gasteiger partial charge on any atom is 0.282 e. The Morgan fingerprint density at radius 2 is 2.36 bits per heavy atom. The van der Waals surface area contributed by atoms with Gasteiger partial charge < -0.3 is 10.5 Å². The highest BCUT2D eigenvalue weighted by Gasteiger charge is 2.21. The highest BCUT2D eigenvalue weighted by atomic mass is 79.9. The van der Waals surface area contributed by atoms with Crippen molar-refractivity contribution in [1.82, 2.24) is 0 Å². The fourth-order valence-corrected chi connectivity index (χ4v) is 1.66. The molecular weight excluding hydrogens is 251 g/mol. The van der Waals surface area contributed by atoms with Crippen molar-refractivity contribution >= 4 is 22.0 Å². The van der Waals surface area contributed by atoms with Crippen molar-refractivity contribution in [3.63, 3.8) is 0 Å². The molecule has 1 aromatic rings. The van der Waals surface area contributed by atoms with Crippen LogP contribution in [0.25, 0.3) is 0 Å². The second-order valence-electron chi connectivity index (χ2n) is 2.96. The van der Waals surface area contributed by atoms with E-state index in [0.717, 1.165) is 0 Å². The van der Waals surface area contributed by atoms with Crippen molar-refractivity contribution in [3.05, 3.63) is 34.1 Å². The standard InChI is InChI=1S/C9H8BrFN2O/c10-5-1-2-6(7(11)3-5)8-4-14-9(12)13-8/h1-3,8H,4H2,(H2,12,13)/t8-/m1/s1. The molecule has 0 unspecified atom stereocenters. The number of benzene rings is 1.